The molecule has 0 unspecified atom stereocenters. The van der Waals surface area contributed by atoms with Crippen molar-refractivity contribution in [3.63, 3.8) is 0 Å². The van der Waals surface area contributed by atoms with Crippen LogP contribution in [0.25, 0.3) is 0 Å². The predicted molar refractivity (Wildman–Crippen MR) is 107 cm³/mol. The highest BCUT2D eigenvalue weighted by molar-refractivity contribution is 7.91. The maximum Gasteiger partial charge on any atom is 0.255 e. The molecule has 1 fully saturated rings. The Balaban J connectivity index is 1.51. The van der Waals surface area contributed by atoms with Gasteiger partial charge in [0.2, 0.25) is 0 Å². The number of pyridine rings is 1. The van der Waals surface area contributed by atoms with Crippen LogP contribution < -0.4 is 5.32 Å². The molecule has 1 N–H and O–H groups in total. The van der Waals surface area contributed by atoms with Gasteiger partial charge >= 0.3 is 0 Å². The highest BCUT2D eigenvalue weighted by Gasteiger charge is 2.25. The fourth-order valence-corrected chi connectivity index (χ4v) is 5.17. The van der Waals surface area contributed by atoms with E-state index in [0.29, 0.717) is 11.4 Å². The first-order chi connectivity index (χ1) is 12.9. The number of anilines is 1. The third kappa shape index (κ3) is 5.04. The molecule has 1 amide bonds. The third-order valence-electron chi connectivity index (χ3n) is 4.56. The van der Waals surface area contributed by atoms with E-state index in [1.165, 1.54) is 16.8 Å². The second-order valence-electron chi connectivity index (χ2n) is 6.52. The summed E-state index contributed by atoms with van der Waals surface area (Å²) in [4.78, 5) is 24.2. The molecule has 1 aliphatic rings. The number of hydrogen-bond acceptors (Lipinski definition) is 7. The maximum absolute atomic E-state index is 12.4. The van der Waals surface area contributed by atoms with Gasteiger partial charge in [-0.25, -0.2) is 18.4 Å². The van der Waals surface area contributed by atoms with Crippen LogP contribution in [0.3, 0.4) is 0 Å². The van der Waals surface area contributed by atoms with Crippen LogP contribution in [0.5, 0.6) is 0 Å². The van der Waals surface area contributed by atoms with E-state index < -0.39 is 9.84 Å². The van der Waals surface area contributed by atoms with Crippen molar-refractivity contribution in [3.8, 4) is 0 Å². The van der Waals surface area contributed by atoms with Crippen molar-refractivity contribution in [2.75, 3.05) is 36.5 Å². The lowest BCUT2D eigenvalue weighted by molar-refractivity contribution is 0.0770. The topological polar surface area (TPSA) is 92.3 Å². The second kappa shape index (κ2) is 8.35. The Morgan fingerprint density at radius 2 is 2.04 bits per heavy atom. The van der Waals surface area contributed by atoms with E-state index in [1.807, 2.05) is 0 Å². The van der Waals surface area contributed by atoms with Crippen LogP contribution in [0.15, 0.2) is 18.3 Å². The van der Waals surface area contributed by atoms with Gasteiger partial charge in [0.1, 0.15) is 5.82 Å². The molecule has 27 heavy (non-hydrogen) atoms. The van der Waals surface area contributed by atoms with Gasteiger partial charge < -0.3 is 10.2 Å². The molecule has 146 valence electrons. The minimum Gasteiger partial charge on any atom is -0.370 e. The Hall–Kier alpha value is -2.00. The van der Waals surface area contributed by atoms with Crippen LogP contribution in [-0.2, 0) is 22.7 Å². The molecular formula is C18H24N4O3S2. The highest BCUT2D eigenvalue weighted by Crippen LogP contribution is 2.18. The number of nitrogens with zero attached hydrogens (tertiary/aromatic N) is 3. The minimum atomic E-state index is -3.00. The van der Waals surface area contributed by atoms with Crippen LogP contribution >= 0.6 is 11.3 Å². The molecule has 0 saturated carbocycles. The number of carbonyl (C=O) groups is 1. The molecular weight excluding hydrogens is 384 g/mol. The third-order valence-corrected chi connectivity index (χ3v) is 7.24. The van der Waals surface area contributed by atoms with Gasteiger partial charge in [0.15, 0.2) is 9.84 Å². The SMILES string of the molecule is CCc1nc(CCNc2ccc(C(=O)N3CCS(=O)(=O)CC3)cn2)sc1C. The smallest absolute Gasteiger partial charge is 0.255 e. The molecule has 1 saturated heterocycles. The van der Waals surface area contributed by atoms with E-state index in [1.54, 1.807) is 28.4 Å². The van der Waals surface area contributed by atoms with E-state index in [2.05, 4.69) is 29.1 Å². The van der Waals surface area contributed by atoms with Gasteiger partial charge in [-0.15, -0.1) is 11.3 Å². The lowest BCUT2D eigenvalue weighted by atomic mass is 10.2. The molecule has 7 nitrogen and oxygen atoms in total. The molecule has 3 rings (SSSR count). The van der Waals surface area contributed by atoms with Crippen molar-refractivity contribution in [2.24, 2.45) is 0 Å². The summed E-state index contributed by atoms with van der Waals surface area (Å²) in [5, 5.41) is 4.36. The number of aryl methyl sites for hydroxylation is 2. The summed E-state index contributed by atoms with van der Waals surface area (Å²) >= 11 is 1.73. The summed E-state index contributed by atoms with van der Waals surface area (Å²) in [6, 6.07) is 3.50. The van der Waals surface area contributed by atoms with Crippen LogP contribution in [-0.4, -0.2) is 60.3 Å². The number of nitrogens with one attached hydrogen (secondary N) is 1. The number of amides is 1. The Kier molecular flexibility index (Phi) is 6.11. The van der Waals surface area contributed by atoms with Crippen LogP contribution in [0.1, 0.15) is 32.9 Å². The normalized spacial score (nSPS) is 16.3. The molecule has 2 aromatic rings. The van der Waals surface area contributed by atoms with E-state index in [0.717, 1.165) is 24.4 Å². The molecule has 3 heterocycles. The minimum absolute atomic E-state index is 0.0295. The number of rotatable bonds is 6. The molecule has 1 aliphatic heterocycles. The number of aromatic nitrogens is 2. The standard InChI is InChI=1S/C18H24N4O3S2/c1-3-15-13(2)26-17(21-15)6-7-19-16-5-4-14(12-20-16)18(23)22-8-10-27(24,25)11-9-22/h4-5,12H,3,6-11H2,1-2H3,(H,19,20). The average molecular weight is 409 g/mol. The molecule has 0 bridgehead atoms. The molecule has 0 aromatic carbocycles. The van der Waals surface area contributed by atoms with Gasteiger partial charge in [0.25, 0.3) is 5.91 Å². The van der Waals surface area contributed by atoms with Gasteiger partial charge in [0, 0.05) is 37.1 Å². The molecule has 0 radical (unpaired) electrons. The average Bonchev–Trinajstić information content (AvgIpc) is 3.01. The number of sulfone groups is 1. The first-order valence-electron chi connectivity index (χ1n) is 9.03. The molecule has 0 aliphatic carbocycles. The summed E-state index contributed by atoms with van der Waals surface area (Å²) in [6.45, 7) is 5.42. The van der Waals surface area contributed by atoms with E-state index in [9.17, 15) is 13.2 Å². The Labute approximate surface area is 163 Å². The zero-order chi connectivity index (χ0) is 19.4. The van der Waals surface area contributed by atoms with Gasteiger partial charge in [-0.05, 0) is 25.5 Å². The van der Waals surface area contributed by atoms with Crippen molar-refractivity contribution in [2.45, 2.75) is 26.7 Å². The lowest BCUT2D eigenvalue weighted by Gasteiger charge is -2.26. The maximum atomic E-state index is 12.4. The first-order valence-corrected chi connectivity index (χ1v) is 11.7. The number of carbonyl (C=O) groups excluding carboxylic acids is 1. The van der Waals surface area contributed by atoms with Crippen molar-refractivity contribution < 1.29 is 13.2 Å². The fraction of sp³-hybridized carbons (Fsp3) is 0.500. The summed E-state index contributed by atoms with van der Waals surface area (Å²) < 4.78 is 23.0. The number of thiazole rings is 1. The van der Waals surface area contributed by atoms with Crippen LogP contribution in [0.4, 0.5) is 5.82 Å². The summed E-state index contributed by atoms with van der Waals surface area (Å²) in [6.07, 6.45) is 3.32. The largest absolute Gasteiger partial charge is 0.370 e. The summed E-state index contributed by atoms with van der Waals surface area (Å²) in [5.41, 5.74) is 1.64. The van der Waals surface area contributed by atoms with Crippen molar-refractivity contribution in [1.82, 2.24) is 14.9 Å². The Morgan fingerprint density at radius 1 is 1.30 bits per heavy atom. The summed E-state index contributed by atoms with van der Waals surface area (Å²) in [5.74, 6) is 0.592. The zero-order valence-corrected chi connectivity index (χ0v) is 17.2. The van der Waals surface area contributed by atoms with Gasteiger partial charge in [-0.1, -0.05) is 6.92 Å². The highest BCUT2D eigenvalue weighted by atomic mass is 32.2. The molecule has 0 atom stereocenters. The molecule has 2 aromatic heterocycles. The van der Waals surface area contributed by atoms with E-state index in [-0.39, 0.29) is 30.5 Å². The molecule has 0 spiro atoms. The van der Waals surface area contributed by atoms with E-state index in [4.69, 9.17) is 0 Å². The van der Waals surface area contributed by atoms with Crippen molar-refractivity contribution >= 4 is 32.9 Å². The fourth-order valence-electron chi connectivity index (χ4n) is 2.94. The van der Waals surface area contributed by atoms with Gasteiger partial charge in [-0.2, -0.15) is 0 Å². The van der Waals surface area contributed by atoms with Crippen LogP contribution in [0, 0.1) is 6.92 Å². The summed E-state index contributed by atoms with van der Waals surface area (Å²) in [7, 11) is -3.00. The Morgan fingerprint density at radius 3 is 2.63 bits per heavy atom. The Bertz CT molecular complexity index is 893. The first kappa shape index (κ1) is 19.8. The van der Waals surface area contributed by atoms with Crippen molar-refractivity contribution in [1.29, 1.82) is 0 Å². The predicted octanol–water partition coefficient (Wildman–Crippen LogP) is 1.93. The van der Waals surface area contributed by atoms with Gasteiger partial charge in [-0.3, -0.25) is 4.79 Å². The lowest BCUT2D eigenvalue weighted by Crippen LogP contribution is -2.43. The monoisotopic (exact) mass is 408 g/mol. The van der Waals surface area contributed by atoms with Crippen LogP contribution in [0.2, 0.25) is 0 Å². The second-order valence-corrected chi connectivity index (χ2v) is 10.1. The quantitative estimate of drug-likeness (QED) is 0.785. The zero-order valence-electron chi connectivity index (χ0n) is 15.6. The van der Waals surface area contributed by atoms with Crippen molar-refractivity contribution in [3.05, 3.63) is 39.5 Å². The molecule has 9 heteroatoms. The van der Waals surface area contributed by atoms with E-state index >= 15 is 0 Å². The van der Waals surface area contributed by atoms with Gasteiger partial charge in [0.05, 0.1) is 27.8 Å². The number of hydrogen-bond donors (Lipinski definition) is 1.